The molecule has 0 fully saturated rings. The van der Waals surface area contributed by atoms with Crippen LogP contribution >= 0.6 is 11.6 Å². The number of halogens is 4. The lowest BCUT2D eigenvalue weighted by Gasteiger charge is -2.27. The van der Waals surface area contributed by atoms with Gasteiger partial charge in [-0.05, 0) is 17.7 Å². The zero-order chi connectivity index (χ0) is 12.6. The minimum atomic E-state index is -5.09. The van der Waals surface area contributed by atoms with Crippen LogP contribution < -0.4 is 5.73 Å². The predicted molar refractivity (Wildman–Crippen MR) is 51.0 cm³/mol. The number of hydrogen-bond donors (Lipinski definition) is 2. The van der Waals surface area contributed by atoms with E-state index < -0.39 is 23.2 Å². The number of carboxylic acids is 1. The first kappa shape index (κ1) is 12.8. The van der Waals surface area contributed by atoms with Crippen LogP contribution in [-0.4, -0.2) is 17.3 Å². The molecule has 3 nitrogen and oxygen atoms in total. The van der Waals surface area contributed by atoms with E-state index >= 15 is 0 Å². The Morgan fingerprint density at radius 2 is 1.69 bits per heavy atom. The van der Waals surface area contributed by atoms with E-state index in [0.29, 0.717) is 0 Å². The van der Waals surface area contributed by atoms with E-state index in [9.17, 15) is 18.0 Å². The summed E-state index contributed by atoms with van der Waals surface area (Å²) in [7, 11) is 0. The third-order valence-electron chi connectivity index (χ3n) is 2.08. The quantitative estimate of drug-likeness (QED) is 0.849. The largest absolute Gasteiger partial charge is 0.479 e. The van der Waals surface area contributed by atoms with Crippen molar-refractivity contribution in [3.05, 3.63) is 34.9 Å². The molecule has 1 aromatic carbocycles. The van der Waals surface area contributed by atoms with Gasteiger partial charge in [0, 0.05) is 5.02 Å². The molecule has 0 aliphatic carbocycles. The molecular weight excluding hydrogens is 247 g/mol. The molecule has 1 rings (SSSR count). The summed E-state index contributed by atoms with van der Waals surface area (Å²) >= 11 is 5.49. The SMILES string of the molecule is N[C@@](C(=O)O)(c1ccc(Cl)cc1)C(F)(F)F. The van der Waals surface area contributed by atoms with Crippen molar-refractivity contribution < 1.29 is 23.1 Å². The van der Waals surface area contributed by atoms with Crippen LogP contribution in [0.25, 0.3) is 0 Å². The molecule has 1 aromatic rings. The summed E-state index contributed by atoms with van der Waals surface area (Å²) in [6.07, 6.45) is -5.09. The van der Waals surface area contributed by atoms with E-state index in [1.165, 1.54) is 0 Å². The van der Waals surface area contributed by atoms with Crippen molar-refractivity contribution >= 4 is 17.6 Å². The number of nitrogens with two attached hydrogens (primary N) is 1. The molecule has 0 radical (unpaired) electrons. The summed E-state index contributed by atoms with van der Waals surface area (Å²) in [6, 6.07) is 4.16. The zero-order valence-electron chi connectivity index (χ0n) is 7.75. The van der Waals surface area contributed by atoms with Gasteiger partial charge < -0.3 is 10.8 Å². The van der Waals surface area contributed by atoms with Gasteiger partial charge in [0.2, 0.25) is 5.54 Å². The monoisotopic (exact) mass is 253 g/mol. The molecule has 0 saturated heterocycles. The van der Waals surface area contributed by atoms with Crippen LogP contribution in [0, 0.1) is 0 Å². The fourth-order valence-electron chi connectivity index (χ4n) is 1.12. The van der Waals surface area contributed by atoms with Crippen molar-refractivity contribution in [1.82, 2.24) is 0 Å². The lowest BCUT2D eigenvalue weighted by atomic mass is 9.90. The summed E-state index contributed by atoms with van der Waals surface area (Å²) in [6.45, 7) is 0. The third-order valence-corrected chi connectivity index (χ3v) is 2.34. The van der Waals surface area contributed by atoms with Crippen molar-refractivity contribution in [2.75, 3.05) is 0 Å². The summed E-state index contributed by atoms with van der Waals surface area (Å²) in [5.41, 5.74) is 0.930. The van der Waals surface area contributed by atoms with Gasteiger partial charge in [-0.25, -0.2) is 4.79 Å². The first-order valence-electron chi connectivity index (χ1n) is 4.04. The molecule has 0 aromatic heterocycles. The van der Waals surface area contributed by atoms with Gasteiger partial charge >= 0.3 is 12.1 Å². The van der Waals surface area contributed by atoms with E-state index in [1.54, 1.807) is 0 Å². The molecule has 3 N–H and O–H groups in total. The molecule has 0 aliphatic heterocycles. The standard InChI is InChI=1S/C9H7ClF3NO2/c10-6-3-1-5(2-4-6)8(14,7(15)16)9(11,12)13/h1-4H,14H2,(H,15,16)/t8-/m1/s1. The molecule has 16 heavy (non-hydrogen) atoms. The summed E-state index contributed by atoms with van der Waals surface area (Å²) in [5.74, 6) is -2.16. The maximum Gasteiger partial charge on any atom is 0.421 e. The summed E-state index contributed by atoms with van der Waals surface area (Å²) < 4.78 is 37.8. The van der Waals surface area contributed by atoms with E-state index in [1.807, 2.05) is 0 Å². The molecular formula is C9H7ClF3NO2. The molecule has 1 atom stereocenters. The van der Waals surface area contributed by atoms with Gasteiger partial charge in [-0.3, -0.25) is 0 Å². The van der Waals surface area contributed by atoms with E-state index in [4.69, 9.17) is 22.4 Å². The molecule has 0 saturated carbocycles. The van der Waals surface area contributed by atoms with E-state index in [-0.39, 0.29) is 5.02 Å². The number of aliphatic carboxylic acids is 1. The highest BCUT2D eigenvalue weighted by molar-refractivity contribution is 6.30. The molecule has 0 unspecified atom stereocenters. The van der Waals surface area contributed by atoms with Gasteiger partial charge in [0.05, 0.1) is 0 Å². The van der Waals surface area contributed by atoms with Crippen LogP contribution in [0.4, 0.5) is 13.2 Å². The van der Waals surface area contributed by atoms with E-state index in [0.717, 1.165) is 24.3 Å². The number of benzene rings is 1. The van der Waals surface area contributed by atoms with Crippen LogP contribution in [0.5, 0.6) is 0 Å². The van der Waals surface area contributed by atoms with Gasteiger partial charge in [0.25, 0.3) is 0 Å². The summed E-state index contributed by atoms with van der Waals surface area (Å²) in [5, 5.41) is 8.81. The highest BCUT2D eigenvalue weighted by Crippen LogP contribution is 2.37. The minimum Gasteiger partial charge on any atom is -0.479 e. The topological polar surface area (TPSA) is 63.3 Å². The van der Waals surface area contributed by atoms with Gasteiger partial charge in [0.1, 0.15) is 0 Å². The van der Waals surface area contributed by atoms with Gasteiger partial charge in [-0.2, -0.15) is 13.2 Å². The second-order valence-electron chi connectivity index (χ2n) is 3.12. The lowest BCUT2D eigenvalue weighted by molar-refractivity contribution is -0.204. The van der Waals surface area contributed by atoms with Crippen molar-refractivity contribution in [1.29, 1.82) is 0 Å². The molecule has 0 bridgehead atoms. The normalized spacial score (nSPS) is 15.6. The number of hydrogen-bond acceptors (Lipinski definition) is 2. The fraction of sp³-hybridized carbons (Fsp3) is 0.222. The highest BCUT2D eigenvalue weighted by Gasteiger charge is 2.59. The van der Waals surface area contributed by atoms with Gasteiger partial charge in [-0.15, -0.1) is 0 Å². The first-order valence-corrected chi connectivity index (χ1v) is 4.42. The van der Waals surface area contributed by atoms with Crippen LogP contribution in [0.3, 0.4) is 0 Å². The zero-order valence-corrected chi connectivity index (χ0v) is 8.51. The average Bonchev–Trinajstić information content (AvgIpc) is 2.15. The van der Waals surface area contributed by atoms with Crippen LogP contribution in [0.2, 0.25) is 5.02 Å². The molecule has 0 spiro atoms. The Bertz CT molecular complexity index is 404. The maximum absolute atomic E-state index is 12.6. The Morgan fingerprint density at radius 3 is 2.00 bits per heavy atom. The molecule has 0 amide bonds. The first-order chi connectivity index (χ1) is 7.19. The smallest absolute Gasteiger partial charge is 0.421 e. The van der Waals surface area contributed by atoms with Crippen molar-refractivity contribution in [3.8, 4) is 0 Å². The van der Waals surface area contributed by atoms with Crippen molar-refractivity contribution in [3.63, 3.8) is 0 Å². The number of alkyl halides is 3. The maximum atomic E-state index is 12.6. The Labute approximate surface area is 93.6 Å². The third kappa shape index (κ3) is 1.98. The van der Waals surface area contributed by atoms with Crippen molar-refractivity contribution in [2.45, 2.75) is 11.7 Å². The van der Waals surface area contributed by atoms with E-state index in [2.05, 4.69) is 0 Å². The Morgan fingerprint density at radius 1 is 1.25 bits per heavy atom. The second-order valence-corrected chi connectivity index (χ2v) is 3.55. The highest BCUT2D eigenvalue weighted by atomic mass is 35.5. The van der Waals surface area contributed by atoms with Crippen LogP contribution in [0.1, 0.15) is 5.56 Å². The predicted octanol–water partition coefficient (Wildman–Crippen LogP) is 2.14. The molecule has 7 heteroatoms. The summed E-state index contributed by atoms with van der Waals surface area (Å²) in [4.78, 5) is 10.7. The second kappa shape index (κ2) is 3.95. The van der Waals surface area contributed by atoms with Gasteiger partial charge in [-0.1, -0.05) is 23.7 Å². The average molecular weight is 254 g/mol. The Balaban J connectivity index is 3.34. The number of carboxylic acid groups (broad SMARTS) is 1. The Kier molecular flexibility index (Phi) is 3.16. The molecule has 0 aliphatic rings. The molecule has 0 heterocycles. The lowest BCUT2D eigenvalue weighted by Crippen LogP contribution is -2.56. The number of carbonyl (C=O) groups is 1. The van der Waals surface area contributed by atoms with Crippen LogP contribution in [0.15, 0.2) is 24.3 Å². The van der Waals surface area contributed by atoms with Crippen molar-refractivity contribution in [2.24, 2.45) is 5.73 Å². The molecule has 88 valence electrons. The van der Waals surface area contributed by atoms with Gasteiger partial charge in [0.15, 0.2) is 0 Å². The van der Waals surface area contributed by atoms with Crippen LogP contribution in [-0.2, 0) is 10.3 Å². The minimum absolute atomic E-state index is 0.193. The Hall–Kier alpha value is -1.27. The fourth-order valence-corrected chi connectivity index (χ4v) is 1.25. The number of rotatable bonds is 2.